The van der Waals surface area contributed by atoms with Crippen molar-refractivity contribution >= 4 is 28.3 Å². The first-order valence-electron chi connectivity index (χ1n) is 6.62. The highest BCUT2D eigenvalue weighted by atomic mass is 35.5. The molecule has 1 saturated heterocycles. The predicted octanol–water partition coefficient (Wildman–Crippen LogP) is -0.0786. The van der Waals surface area contributed by atoms with E-state index < -0.39 is 10.0 Å². The number of carbonyl (C=O) groups is 1. The number of ether oxygens (including phenoxy) is 1. The highest BCUT2D eigenvalue weighted by molar-refractivity contribution is 7.89. The summed E-state index contributed by atoms with van der Waals surface area (Å²) in [5.74, 6) is -0.141. The molecule has 2 unspecified atom stereocenters. The van der Waals surface area contributed by atoms with Gasteiger partial charge in [-0.3, -0.25) is 4.79 Å². The van der Waals surface area contributed by atoms with Crippen molar-refractivity contribution in [2.45, 2.75) is 23.9 Å². The van der Waals surface area contributed by atoms with Gasteiger partial charge in [0.2, 0.25) is 15.9 Å². The maximum atomic E-state index is 12.0. The second-order valence-electron chi connectivity index (χ2n) is 4.93. The van der Waals surface area contributed by atoms with Crippen molar-refractivity contribution in [1.29, 1.82) is 0 Å². The molecule has 0 aromatic heterocycles. The first-order valence-corrected chi connectivity index (χ1v) is 8.17. The van der Waals surface area contributed by atoms with Crippen LogP contribution in [0.2, 0.25) is 0 Å². The lowest BCUT2D eigenvalue weighted by molar-refractivity contribution is -0.126. The fraction of sp³-hybridized carbons (Fsp3) is 0.462. The third kappa shape index (κ3) is 4.92. The summed E-state index contributed by atoms with van der Waals surface area (Å²) in [7, 11) is -3.70. The third-order valence-corrected chi connectivity index (χ3v) is 4.23. The molecule has 7 nitrogen and oxygen atoms in total. The number of nitrogens with two attached hydrogens (primary N) is 1. The Balaban J connectivity index is 0.00000242. The molecular weight excluding hydrogens is 330 g/mol. The molecule has 0 saturated carbocycles. The molecule has 22 heavy (non-hydrogen) atoms. The molecule has 1 amide bonds. The number of carbonyl (C=O) groups excluding carboxylic acids is 1. The number of halogens is 1. The van der Waals surface area contributed by atoms with Crippen LogP contribution in [0, 0.1) is 0 Å². The van der Waals surface area contributed by atoms with Crippen LogP contribution in [0.4, 0.5) is 0 Å². The van der Waals surface area contributed by atoms with Gasteiger partial charge in [-0.25, -0.2) is 13.6 Å². The molecule has 1 aliphatic rings. The van der Waals surface area contributed by atoms with E-state index in [0.717, 1.165) is 5.56 Å². The summed E-state index contributed by atoms with van der Waals surface area (Å²) in [6.45, 7) is 3.43. The fourth-order valence-electron chi connectivity index (χ4n) is 2.08. The van der Waals surface area contributed by atoms with E-state index in [1.807, 2.05) is 6.92 Å². The molecule has 0 aliphatic carbocycles. The quantitative estimate of drug-likeness (QED) is 0.704. The van der Waals surface area contributed by atoms with E-state index in [2.05, 4.69) is 10.6 Å². The second kappa shape index (κ2) is 7.89. The maximum Gasteiger partial charge on any atom is 0.240 e. The van der Waals surface area contributed by atoms with Crippen molar-refractivity contribution in [3.05, 3.63) is 29.8 Å². The van der Waals surface area contributed by atoms with Gasteiger partial charge in [-0.1, -0.05) is 12.1 Å². The zero-order valence-corrected chi connectivity index (χ0v) is 13.7. The van der Waals surface area contributed by atoms with Crippen LogP contribution in [0.25, 0.3) is 0 Å². The Bertz CT molecular complexity index is 600. The molecule has 1 heterocycles. The van der Waals surface area contributed by atoms with Crippen LogP contribution in [0.1, 0.15) is 18.5 Å². The van der Waals surface area contributed by atoms with E-state index in [1.165, 1.54) is 12.1 Å². The first kappa shape index (κ1) is 18.9. The van der Waals surface area contributed by atoms with Gasteiger partial charge in [0.25, 0.3) is 0 Å². The molecule has 1 aromatic carbocycles. The number of primary sulfonamides is 1. The minimum absolute atomic E-state index is 0. The average Bonchev–Trinajstić information content (AvgIpc) is 2.47. The molecule has 0 bridgehead atoms. The van der Waals surface area contributed by atoms with E-state index >= 15 is 0 Å². The Morgan fingerprint density at radius 1 is 1.41 bits per heavy atom. The van der Waals surface area contributed by atoms with E-state index in [1.54, 1.807) is 12.1 Å². The monoisotopic (exact) mass is 349 g/mol. The first-order chi connectivity index (χ1) is 9.88. The minimum atomic E-state index is -3.70. The van der Waals surface area contributed by atoms with Gasteiger partial charge >= 0.3 is 0 Å². The lowest BCUT2D eigenvalue weighted by Crippen LogP contribution is -2.51. The number of benzene rings is 1. The number of amides is 1. The Kier molecular flexibility index (Phi) is 6.76. The van der Waals surface area contributed by atoms with Crippen molar-refractivity contribution < 1.29 is 17.9 Å². The molecule has 124 valence electrons. The molecule has 1 aromatic rings. The summed E-state index contributed by atoms with van der Waals surface area (Å²) in [5.41, 5.74) is 0.799. The maximum absolute atomic E-state index is 12.0. The number of hydrogen-bond acceptors (Lipinski definition) is 5. The molecule has 2 rings (SSSR count). The van der Waals surface area contributed by atoms with E-state index in [-0.39, 0.29) is 35.3 Å². The van der Waals surface area contributed by atoms with Crippen molar-refractivity contribution in [2.24, 2.45) is 5.14 Å². The van der Waals surface area contributed by atoms with E-state index in [4.69, 9.17) is 9.88 Å². The van der Waals surface area contributed by atoms with Gasteiger partial charge < -0.3 is 15.4 Å². The molecule has 9 heteroatoms. The summed E-state index contributed by atoms with van der Waals surface area (Å²) in [6.07, 6.45) is 0. The molecule has 2 atom stereocenters. The van der Waals surface area contributed by atoms with Crippen molar-refractivity contribution in [3.8, 4) is 0 Å². The topological polar surface area (TPSA) is 111 Å². The van der Waals surface area contributed by atoms with Crippen LogP contribution in [0.5, 0.6) is 0 Å². The number of rotatable bonds is 4. The highest BCUT2D eigenvalue weighted by Crippen LogP contribution is 2.15. The summed E-state index contributed by atoms with van der Waals surface area (Å²) >= 11 is 0. The van der Waals surface area contributed by atoms with Crippen LogP contribution >= 0.6 is 12.4 Å². The van der Waals surface area contributed by atoms with Crippen LogP contribution in [-0.2, 0) is 19.6 Å². The van der Waals surface area contributed by atoms with E-state index in [0.29, 0.717) is 19.8 Å². The number of morpholine rings is 1. The summed E-state index contributed by atoms with van der Waals surface area (Å²) < 4.78 is 27.6. The minimum Gasteiger partial charge on any atom is -0.378 e. The Hall–Kier alpha value is -1.19. The van der Waals surface area contributed by atoms with Gasteiger partial charge in [0.15, 0.2) is 0 Å². The Morgan fingerprint density at radius 3 is 2.55 bits per heavy atom. The zero-order valence-electron chi connectivity index (χ0n) is 12.1. The summed E-state index contributed by atoms with van der Waals surface area (Å²) in [6, 6.07) is 5.52. The molecular formula is C13H20ClN3O4S. The summed E-state index contributed by atoms with van der Waals surface area (Å²) in [5, 5.41) is 11.0. The summed E-state index contributed by atoms with van der Waals surface area (Å²) in [4.78, 5) is 12.1. The molecule has 0 spiro atoms. The normalized spacial score (nSPS) is 19.8. The Morgan fingerprint density at radius 2 is 2.05 bits per heavy atom. The predicted molar refractivity (Wildman–Crippen MR) is 84.2 cm³/mol. The van der Waals surface area contributed by atoms with Crippen molar-refractivity contribution in [3.63, 3.8) is 0 Å². The fourth-order valence-corrected chi connectivity index (χ4v) is 2.59. The van der Waals surface area contributed by atoms with Gasteiger partial charge in [-0.2, -0.15) is 0 Å². The third-order valence-electron chi connectivity index (χ3n) is 3.31. The molecule has 4 N–H and O–H groups in total. The highest BCUT2D eigenvalue weighted by Gasteiger charge is 2.22. The van der Waals surface area contributed by atoms with Crippen molar-refractivity contribution in [1.82, 2.24) is 10.6 Å². The van der Waals surface area contributed by atoms with Crippen LogP contribution in [0.15, 0.2) is 29.2 Å². The smallest absolute Gasteiger partial charge is 0.240 e. The molecule has 1 fully saturated rings. The Labute approximate surface area is 136 Å². The van der Waals surface area contributed by atoms with Gasteiger partial charge in [-0.15, -0.1) is 12.4 Å². The molecule has 1 aliphatic heterocycles. The lowest BCUT2D eigenvalue weighted by Gasteiger charge is -2.25. The number of sulfonamides is 1. The largest absolute Gasteiger partial charge is 0.378 e. The zero-order chi connectivity index (χ0) is 15.5. The van der Waals surface area contributed by atoms with Crippen LogP contribution in [-0.4, -0.2) is 40.1 Å². The van der Waals surface area contributed by atoms with Gasteiger partial charge in [0.1, 0.15) is 6.04 Å². The standard InChI is InChI=1S/C13H19N3O4S.ClH/c1-9(16-13(17)12-8-20-7-6-15-12)10-2-4-11(5-3-10)21(14,18)19;/h2-5,9,12,15H,6-8H2,1H3,(H,16,17)(H2,14,18,19);1H. The van der Waals surface area contributed by atoms with Crippen molar-refractivity contribution in [2.75, 3.05) is 19.8 Å². The molecule has 0 radical (unpaired) electrons. The van der Waals surface area contributed by atoms with E-state index in [9.17, 15) is 13.2 Å². The van der Waals surface area contributed by atoms with Gasteiger partial charge in [0, 0.05) is 6.54 Å². The van der Waals surface area contributed by atoms with Crippen LogP contribution < -0.4 is 15.8 Å². The number of hydrogen-bond donors (Lipinski definition) is 3. The lowest BCUT2D eigenvalue weighted by atomic mass is 10.1. The average molecular weight is 350 g/mol. The second-order valence-corrected chi connectivity index (χ2v) is 6.49. The number of nitrogens with one attached hydrogen (secondary N) is 2. The van der Waals surface area contributed by atoms with Crippen LogP contribution in [0.3, 0.4) is 0 Å². The van der Waals surface area contributed by atoms with Gasteiger partial charge in [-0.05, 0) is 24.6 Å². The van der Waals surface area contributed by atoms with Gasteiger partial charge in [0.05, 0.1) is 24.2 Å². The SMILES string of the molecule is CC(NC(=O)C1COCCN1)c1ccc(S(N)(=O)=O)cc1.Cl.